The number of benzene rings is 2. The van der Waals surface area contributed by atoms with E-state index in [-0.39, 0.29) is 6.61 Å². The molecule has 0 saturated heterocycles. The van der Waals surface area contributed by atoms with Crippen LogP contribution in [0.4, 0.5) is 0 Å². The van der Waals surface area contributed by atoms with Gasteiger partial charge in [0.05, 0.1) is 0 Å². The van der Waals surface area contributed by atoms with Crippen molar-refractivity contribution >= 4 is 0 Å². The fourth-order valence-corrected chi connectivity index (χ4v) is 2.32. The standard InChI is InChI=1S/C20H27NO3/c1-2-6-17-9-11-20(12-10-17)23-14-13-21-15-18(22)16-24-19-7-4-3-5-8-19/h3-5,7-12,18,21-22H,2,6,13-16H2,1H3. The Bertz CT molecular complexity index is 557. The summed E-state index contributed by atoms with van der Waals surface area (Å²) in [6.07, 6.45) is 1.71. The molecule has 0 aliphatic carbocycles. The van der Waals surface area contributed by atoms with Gasteiger partial charge >= 0.3 is 0 Å². The van der Waals surface area contributed by atoms with Crippen molar-refractivity contribution in [1.82, 2.24) is 5.32 Å². The van der Waals surface area contributed by atoms with E-state index in [1.807, 2.05) is 42.5 Å². The second-order valence-corrected chi connectivity index (χ2v) is 5.72. The molecule has 0 fully saturated rings. The summed E-state index contributed by atoms with van der Waals surface area (Å²) in [4.78, 5) is 0. The first kappa shape index (κ1) is 18.3. The van der Waals surface area contributed by atoms with Crippen molar-refractivity contribution in [2.24, 2.45) is 0 Å². The van der Waals surface area contributed by atoms with Crippen molar-refractivity contribution in [1.29, 1.82) is 0 Å². The molecule has 2 N–H and O–H groups in total. The van der Waals surface area contributed by atoms with Crippen molar-refractivity contribution in [3.63, 3.8) is 0 Å². The third-order valence-corrected chi connectivity index (χ3v) is 3.58. The number of ether oxygens (including phenoxy) is 2. The lowest BCUT2D eigenvalue weighted by molar-refractivity contribution is 0.105. The van der Waals surface area contributed by atoms with Crippen LogP contribution in [0.15, 0.2) is 54.6 Å². The summed E-state index contributed by atoms with van der Waals surface area (Å²) >= 11 is 0. The smallest absolute Gasteiger partial charge is 0.119 e. The summed E-state index contributed by atoms with van der Waals surface area (Å²) in [7, 11) is 0. The summed E-state index contributed by atoms with van der Waals surface area (Å²) in [6, 6.07) is 17.7. The molecular formula is C20H27NO3. The minimum Gasteiger partial charge on any atom is -0.492 e. The van der Waals surface area contributed by atoms with Gasteiger partial charge in [0.25, 0.3) is 0 Å². The molecule has 0 saturated carbocycles. The van der Waals surface area contributed by atoms with Crippen LogP contribution >= 0.6 is 0 Å². The summed E-state index contributed by atoms with van der Waals surface area (Å²) in [6.45, 7) is 4.18. The van der Waals surface area contributed by atoms with Crippen LogP contribution in [0.25, 0.3) is 0 Å². The molecule has 0 heterocycles. The van der Waals surface area contributed by atoms with Gasteiger partial charge in [0.2, 0.25) is 0 Å². The molecule has 2 aromatic rings. The molecule has 0 spiro atoms. The van der Waals surface area contributed by atoms with Crippen molar-refractivity contribution in [2.75, 3.05) is 26.3 Å². The molecule has 0 bridgehead atoms. The van der Waals surface area contributed by atoms with Crippen molar-refractivity contribution < 1.29 is 14.6 Å². The Kier molecular flexibility index (Phi) is 8.15. The molecular weight excluding hydrogens is 302 g/mol. The highest BCUT2D eigenvalue weighted by Crippen LogP contribution is 2.13. The van der Waals surface area contributed by atoms with Crippen LogP contribution in [0, 0.1) is 0 Å². The van der Waals surface area contributed by atoms with Crippen LogP contribution in [0.3, 0.4) is 0 Å². The maximum atomic E-state index is 9.88. The Labute approximate surface area is 144 Å². The van der Waals surface area contributed by atoms with Gasteiger partial charge in [0.1, 0.15) is 30.8 Å². The van der Waals surface area contributed by atoms with Gasteiger partial charge < -0.3 is 19.9 Å². The monoisotopic (exact) mass is 329 g/mol. The third kappa shape index (κ3) is 7.02. The van der Waals surface area contributed by atoms with Gasteiger partial charge in [0.15, 0.2) is 0 Å². The average Bonchev–Trinajstić information content (AvgIpc) is 2.62. The SMILES string of the molecule is CCCc1ccc(OCCNCC(O)COc2ccccc2)cc1. The Morgan fingerprint density at radius 1 is 0.958 bits per heavy atom. The van der Waals surface area contributed by atoms with Gasteiger partial charge in [-0.15, -0.1) is 0 Å². The van der Waals surface area contributed by atoms with Gasteiger partial charge in [0, 0.05) is 13.1 Å². The lowest BCUT2D eigenvalue weighted by atomic mass is 10.1. The molecule has 2 aromatic carbocycles. The second kappa shape index (κ2) is 10.7. The quantitative estimate of drug-likeness (QED) is 0.622. The molecule has 1 atom stereocenters. The largest absolute Gasteiger partial charge is 0.492 e. The van der Waals surface area contributed by atoms with Crippen LogP contribution in [0.1, 0.15) is 18.9 Å². The highest BCUT2D eigenvalue weighted by atomic mass is 16.5. The van der Waals surface area contributed by atoms with Crippen molar-refractivity contribution in [3.8, 4) is 11.5 Å². The number of aliphatic hydroxyl groups is 1. The van der Waals surface area contributed by atoms with Gasteiger partial charge in [-0.2, -0.15) is 0 Å². The predicted octanol–water partition coefficient (Wildman–Crippen LogP) is 3.05. The summed E-state index contributed by atoms with van der Waals surface area (Å²) in [5.41, 5.74) is 1.34. The first-order chi connectivity index (χ1) is 11.8. The zero-order valence-corrected chi connectivity index (χ0v) is 14.3. The van der Waals surface area contributed by atoms with E-state index in [9.17, 15) is 5.11 Å². The summed E-state index contributed by atoms with van der Waals surface area (Å²) in [5.74, 6) is 1.65. The number of rotatable bonds is 11. The highest BCUT2D eigenvalue weighted by Gasteiger charge is 2.04. The van der Waals surface area contributed by atoms with Gasteiger partial charge in [-0.25, -0.2) is 0 Å². The zero-order valence-electron chi connectivity index (χ0n) is 14.3. The molecule has 0 radical (unpaired) electrons. The number of nitrogens with one attached hydrogen (secondary N) is 1. The van der Waals surface area contributed by atoms with Crippen molar-refractivity contribution in [2.45, 2.75) is 25.9 Å². The third-order valence-electron chi connectivity index (χ3n) is 3.58. The molecule has 1 unspecified atom stereocenters. The number of para-hydroxylation sites is 1. The lowest BCUT2D eigenvalue weighted by Crippen LogP contribution is -2.33. The summed E-state index contributed by atoms with van der Waals surface area (Å²) in [5, 5.41) is 13.0. The average molecular weight is 329 g/mol. The first-order valence-corrected chi connectivity index (χ1v) is 8.56. The van der Waals surface area contributed by atoms with Crippen LogP contribution < -0.4 is 14.8 Å². The van der Waals surface area contributed by atoms with Crippen LogP contribution in [-0.2, 0) is 6.42 Å². The fourth-order valence-electron chi connectivity index (χ4n) is 2.32. The van der Waals surface area contributed by atoms with Crippen molar-refractivity contribution in [3.05, 3.63) is 60.2 Å². The number of hydrogen-bond donors (Lipinski definition) is 2. The van der Waals surface area contributed by atoms with E-state index in [1.165, 1.54) is 5.56 Å². The molecule has 24 heavy (non-hydrogen) atoms. The van der Waals surface area contributed by atoms with Gasteiger partial charge in [-0.05, 0) is 36.2 Å². The van der Waals surface area contributed by atoms with E-state index in [1.54, 1.807) is 0 Å². The van der Waals surface area contributed by atoms with E-state index in [0.29, 0.717) is 19.7 Å². The van der Waals surface area contributed by atoms with Gasteiger partial charge in [-0.3, -0.25) is 0 Å². The van der Waals surface area contributed by atoms with E-state index < -0.39 is 6.10 Å². The molecule has 0 aromatic heterocycles. The Morgan fingerprint density at radius 3 is 2.38 bits per heavy atom. The molecule has 0 aliphatic heterocycles. The predicted molar refractivity (Wildman–Crippen MR) is 96.7 cm³/mol. The number of hydrogen-bond acceptors (Lipinski definition) is 4. The molecule has 130 valence electrons. The Balaban J connectivity index is 1.54. The fraction of sp³-hybridized carbons (Fsp3) is 0.400. The summed E-state index contributed by atoms with van der Waals surface area (Å²) < 4.78 is 11.2. The molecule has 4 heteroatoms. The maximum absolute atomic E-state index is 9.88. The minimum absolute atomic E-state index is 0.275. The zero-order chi connectivity index (χ0) is 17.0. The highest BCUT2D eigenvalue weighted by molar-refractivity contribution is 5.27. The van der Waals surface area contributed by atoms with E-state index in [0.717, 1.165) is 24.3 Å². The normalized spacial score (nSPS) is 11.9. The molecule has 0 amide bonds. The van der Waals surface area contributed by atoms with E-state index >= 15 is 0 Å². The number of aryl methyl sites for hydroxylation is 1. The van der Waals surface area contributed by atoms with E-state index in [2.05, 4.69) is 24.4 Å². The van der Waals surface area contributed by atoms with Crippen LogP contribution in [-0.4, -0.2) is 37.5 Å². The molecule has 4 nitrogen and oxygen atoms in total. The van der Waals surface area contributed by atoms with Gasteiger partial charge in [-0.1, -0.05) is 43.7 Å². The van der Waals surface area contributed by atoms with Crippen LogP contribution in [0.2, 0.25) is 0 Å². The molecule has 0 aliphatic rings. The minimum atomic E-state index is -0.543. The lowest BCUT2D eigenvalue weighted by Gasteiger charge is -2.13. The molecule has 2 rings (SSSR count). The Hall–Kier alpha value is -2.04. The van der Waals surface area contributed by atoms with Crippen LogP contribution in [0.5, 0.6) is 11.5 Å². The maximum Gasteiger partial charge on any atom is 0.119 e. The first-order valence-electron chi connectivity index (χ1n) is 8.56. The Morgan fingerprint density at radius 2 is 1.67 bits per heavy atom. The second-order valence-electron chi connectivity index (χ2n) is 5.72. The number of aliphatic hydroxyl groups excluding tert-OH is 1. The van der Waals surface area contributed by atoms with E-state index in [4.69, 9.17) is 9.47 Å². The topological polar surface area (TPSA) is 50.7 Å².